The van der Waals surface area contributed by atoms with Crippen LogP contribution in [0.4, 0.5) is 0 Å². The summed E-state index contributed by atoms with van der Waals surface area (Å²) in [6.45, 7) is 10.8. The van der Waals surface area contributed by atoms with Gasteiger partial charge in [0.15, 0.2) is 18.2 Å². The lowest BCUT2D eigenvalue weighted by molar-refractivity contribution is 0.0402. The molecule has 0 aliphatic heterocycles. The van der Waals surface area contributed by atoms with Crippen LogP contribution >= 0.6 is 0 Å². The van der Waals surface area contributed by atoms with Crippen LogP contribution in [0.2, 0.25) is 0 Å². The van der Waals surface area contributed by atoms with Crippen LogP contribution in [0.1, 0.15) is 50.0 Å². The Balaban J connectivity index is 1.94. The van der Waals surface area contributed by atoms with Crippen molar-refractivity contribution < 1.29 is 14.0 Å². The second-order valence-electron chi connectivity index (χ2n) is 5.83. The van der Waals surface area contributed by atoms with Crippen molar-refractivity contribution in [2.45, 2.75) is 47.3 Å². The summed E-state index contributed by atoms with van der Waals surface area (Å²) in [6.07, 6.45) is -0.193. The molecule has 22 heavy (non-hydrogen) atoms. The van der Waals surface area contributed by atoms with Crippen LogP contribution in [0.3, 0.4) is 0 Å². The molecule has 2 aromatic heterocycles. The van der Waals surface area contributed by atoms with Crippen molar-refractivity contribution in [3.05, 3.63) is 23.1 Å². The zero-order valence-electron chi connectivity index (χ0n) is 14.1. The monoisotopic (exact) mass is 308 g/mol. The van der Waals surface area contributed by atoms with Gasteiger partial charge in [0.25, 0.3) is 5.89 Å². The first-order valence-corrected chi connectivity index (χ1v) is 7.45. The van der Waals surface area contributed by atoms with Crippen molar-refractivity contribution in [3.63, 3.8) is 0 Å². The molecule has 2 aromatic rings. The van der Waals surface area contributed by atoms with Gasteiger partial charge in [-0.3, -0.25) is 4.68 Å². The lowest BCUT2D eigenvalue weighted by Gasteiger charge is -2.10. The maximum Gasteiger partial charge on any atom is 0.264 e. The number of rotatable bonds is 7. The lowest BCUT2D eigenvalue weighted by Crippen LogP contribution is -2.08. The third kappa shape index (κ3) is 3.85. The lowest BCUT2D eigenvalue weighted by atomic mass is 10.2. The topological polar surface area (TPSA) is 75.2 Å². The number of aromatic nitrogens is 4. The van der Waals surface area contributed by atoms with Crippen molar-refractivity contribution in [1.82, 2.24) is 19.9 Å². The van der Waals surface area contributed by atoms with E-state index in [4.69, 9.17) is 14.0 Å². The van der Waals surface area contributed by atoms with Gasteiger partial charge in [-0.25, -0.2) is 0 Å². The molecule has 1 atom stereocenters. The smallest absolute Gasteiger partial charge is 0.264 e. The van der Waals surface area contributed by atoms with Gasteiger partial charge in [-0.2, -0.15) is 10.1 Å². The molecule has 2 heterocycles. The van der Waals surface area contributed by atoms with E-state index in [9.17, 15) is 0 Å². The summed E-state index contributed by atoms with van der Waals surface area (Å²) in [7, 11) is 1.88. The van der Waals surface area contributed by atoms with E-state index in [1.54, 1.807) is 4.68 Å². The highest BCUT2D eigenvalue weighted by Crippen LogP contribution is 2.22. The quantitative estimate of drug-likeness (QED) is 0.783. The molecule has 0 amide bonds. The third-order valence-electron chi connectivity index (χ3n) is 3.31. The van der Waals surface area contributed by atoms with E-state index in [0.29, 0.717) is 24.2 Å². The normalized spacial score (nSPS) is 12.9. The summed E-state index contributed by atoms with van der Waals surface area (Å²) in [5, 5.41) is 8.25. The second-order valence-corrected chi connectivity index (χ2v) is 5.83. The molecule has 0 N–H and O–H groups in total. The minimum atomic E-state index is -0.193. The molecule has 0 saturated carbocycles. The van der Waals surface area contributed by atoms with Crippen LogP contribution in [0, 0.1) is 19.8 Å². The van der Waals surface area contributed by atoms with E-state index in [2.05, 4.69) is 29.1 Å². The molecule has 0 spiro atoms. The van der Waals surface area contributed by atoms with Crippen LogP contribution in [-0.2, 0) is 18.4 Å². The SMILES string of the molecule is Cc1nn(C)c(C)c1OCc1nc(C(C)OCC(C)C)no1. The predicted molar refractivity (Wildman–Crippen MR) is 80.5 cm³/mol. The molecular weight excluding hydrogens is 284 g/mol. The molecule has 0 saturated heterocycles. The van der Waals surface area contributed by atoms with Crippen LogP contribution < -0.4 is 4.74 Å². The van der Waals surface area contributed by atoms with E-state index in [-0.39, 0.29) is 12.7 Å². The standard InChI is InChI=1S/C15H24N4O3/c1-9(2)7-20-12(5)15-16-13(22-18-15)8-21-14-10(3)17-19(6)11(14)4/h9,12H,7-8H2,1-6H3. The Morgan fingerprint density at radius 2 is 1.95 bits per heavy atom. The van der Waals surface area contributed by atoms with Gasteiger partial charge in [0, 0.05) is 13.7 Å². The molecule has 0 aliphatic rings. The predicted octanol–water partition coefficient (Wildman–Crippen LogP) is 2.73. The molecule has 0 aromatic carbocycles. The summed E-state index contributed by atoms with van der Waals surface area (Å²) >= 11 is 0. The molecule has 7 heteroatoms. The van der Waals surface area contributed by atoms with Gasteiger partial charge in [0.2, 0.25) is 0 Å². The molecule has 0 radical (unpaired) electrons. The molecule has 7 nitrogen and oxygen atoms in total. The molecule has 1 unspecified atom stereocenters. The van der Waals surface area contributed by atoms with Crippen molar-refractivity contribution in [3.8, 4) is 5.75 Å². The molecule has 0 aliphatic carbocycles. The van der Waals surface area contributed by atoms with Gasteiger partial charge >= 0.3 is 0 Å². The molecule has 122 valence electrons. The van der Waals surface area contributed by atoms with Crippen molar-refractivity contribution in [2.24, 2.45) is 13.0 Å². The number of aryl methyl sites for hydroxylation is 2. The molecule has 2 rings (SSSR count). The third-order valence-corrected chi connectivity index (χ3v) is 3.31. The fraction of sp³-hybridized carbons (Fsp3) is 0.667. The highest BCUT2D eigenvalue weighted by Gasteiger charge is 2.17. The summed E-state index contributed by atoms with van der Waals surface area (Å²) in [5.74, 6) is 2.19. The van der Waals surface area contributed by atoms with Crippen LogP contribution in [-0.4, -0.2) is 26.5 Å². The van der Waals surface area contributed by atoms with E-state index < -0.39 is 0 Å². The Labute approximate surface area is 130 Å². The zero-order valence-corrected chi connectivity index (χ0v) is 14.1. The van der Waals surface area contributed by atoms with E-state index in [1.165, 1.54) is 0 Å². The summed E-state index contributed by atoms with van der Waals surface area (Å²) in [6, 6.07) is 0. The largest absolute Gasteiger partial charge is 0.480 e. The Bertz CT molecular complexity index is 618. The van der Waals surface area contributed by atoms with E-state index in [0.717, 1.165) is 17.1 Å². The average molecular weight is 308 g/mol. The number of nitrogens with zero attached hydrogens (tertiary/aromatic N) is 4. The number of hydrogen-bond donors (Lipinski definition) is 0. The summed E-state index contributed by atoms with van der Waals surface area (Å²) < 4.78 is 18.4. The zero-order chi connectivity index (χ0) is 16.3. The average Bonchev–Trinajstić information content (AvgIpc) is 3.01. The van der Waals surface area contributed by atoms with Gasteiger partial charge in [0.1, 0.15) is 11.8 Å². The van der Waals surface area contributed by atoms with Crippen molar-refractivity contribution >= 4 is 0 Å². The first kappa shape index (κ1) is 16.5. The molecule has 0 fully saturated rings. The maximum atomic E-state index is 5.75. The highest BCUT2D eigenvalue weighted by atomic mass is 16.5. The highest BCUT2D eigenvalue weighted by molar-refractivity contribution is 5.31. The van der Waals surface area contributed by atoms with Gasteiger partial charge in [-0.15, -0.1) is 0 Å². The Hall–Kier alpha value is -1.89. The fourth-order valence-corrected chi connectivity index (χ4v) is 2.00. The van der Waals surface area contributed by atoms with Crippen molar-refractivity contribution in [1.29, 1.82) is 0 Å². The Kier molecular flexibility index (Phi) is 5.18. The molecule has 0 bridgehead atoms. The van der Waals surface area contributed by atoms with Gasteiger partial charge in [0.05, 0.1) is 5.69 Å². The first-order chi connectivity index (χ1) is 10.4. The Morgan fingerprint density at radius 1 is 1.23 bits per heavy atom. The van der Waals surface area contributed by atoms with E-state index in [1.807, 2.05) is 27.8 Å². The summed E-state index contributed by atoms with van der Waals surface area (Å²) in [5.41, 5.74) is 1.80. The van der Waals surface area contributed by atoms with Gasteiger partial charge in [-0.1, -0.05) is 19.0 Å². The minimum Gasteiger partial charge on any atom is -0.480 e. The van der Waals surface area contributed by atoms with Crippen LogP contribution in [0.15, 0.2) is 4.52 Å². The second kappa shape index (κ2) is 6.91. The van der Waals surface area contributed by atoms with E-state index >= 15 is 0 Å². The van der Waals surface area contributed by atoms with Gasteiger partial charge in [-0.05, 0) is 26.7 Å². The van der Waals surface area contributed by atoms with Crippen molar-refractivity contribution in [2.75, 3.05) is 6.61 Å². The fourth-order valence-electron chi connectivity index (χ4n) is 2.00. The Morgan fingerprint density at radius 3 is 2.55 bits per heavy atom. The first-order valence-electron chi connectivity index (χ1n) is 7.45. The summed E-state index contributed by atoms with van der Waals surface area (Å²) in [4.78, 5) is 4.31. The maximum absolute atomic E-state index is 5.75. The van der Waals surface area contributed by atoms with Crippen LogP contribution in [0.5, 0.6) is 5.75 Å². The number of ether oxygens (including phenoxy) is 2. The van der Waals surface area contributed by atoms with Gasteiger partial charge < -0.3 is 14.0 Å². The number of hydrogen-bond acceptors (Lipinski definition) is 6. The molecular formula is C15H24N4O3. The van der Waals surface area contributed by atoms with Crippen LogP contribution in [0.25, 0.3) is 0 Å². The minimum absolute atomic E-state index is 0.193.